The van der Waals surface area contributed by atoms with Crippen LogP contribution in [0.25, 0.3) is 0 Å². The van der Waals surface area contributed by atoms with Crippen LogP contribution >= 0.6 is 0 Å². The monoisotopic (exact) mass is 348 g/mol. The van der Waals surface area contributed by atoms with Gasteiger partial charge >= 0.3 is 0 Å². The lowest BCUT2D eigenvalue weighted by atomic mass is 10.0. The van der Waals surface area contributed by atoms with Crippen LogP contribution in [0.5, 0.6) is 0 Å². The molecule has 1 rings (SSSR count). The van der Waals surface area contributed by atoms with Crippen molar-refractivity contribution in [2.45, 2.75) is 116 Å². The van der Waals surface area contributed by atoms with E-state index in [9.17, 15) is 4.79 Å². The Bertz CT molecular complexity index is 414. The van der Waals surface area contributed by atoms with E-state index in [0.717, 1.165) is 19.3 Å². The lowest BCUT2D eigenvalue weighted by molar-refractivity contribution is 0.111. The SMILES string of the molecule is CCCCCCCCCCCCCCCCCCn1ccnc1C=O. The smallest absolute Gasteiger partial charge is 0.185 e. The van der Waals surface area contributed by atoms with E-state index in [4.69, 9.17) is 0 Å². The summed E-state index contributed by atoms with van der Waals surface area (Å²) in [6.45, 7) is 3.21. The van der Waals surface area contributed by atoms with Crippen LogP contribution in [0.3, 0.4) is 0 Å². The van der Waals surface area contributed by atoms with E-state index in [-0.39, 0.29) is 0 Å². The first-order valence-electron chi connectivity index (χ1n) is 10.8. The van der Waals surface area contributed by atoms with Gasteiger partial charge in [-0.1, -0.05) is 103 Å². The first kappa shape index (κ1) is 21.9. The van der Waals surface area contributed by atoms with E-state index in [2.05, 4.69) is 11.9 Å². The molecule has 3 heteroatoms. The number of aromatic nitrogens is 2. The summed E-state index contributed by atoms with van der Waals surface area (Å²) in [4.78, 5) is 14.8. The van der Waals surface area contributed by atoms with Crippen LogP contribution in [0.1, 0.15) is 120 Å². The maximum atomic E-state index is 10.8. The van der Waals surface area contributed by atoms with Gasteiger partial charge in [0.1, 0.15) is 0 Å². The fourth-order valence-corrected chi connectivity index (χ4v) is 3.46. The van der Waals surface area contributed by atoms with Crippen molar-refractivity contribution in [2.75, 3.05) is 0 Å². The summed E-state index contributed by atoms with van der Waals surface area (Å²) in [5, 5.41) is 0. The van der Waals surface area contributed by atoms with Crippen LogP contribution in [-0.4, -0.2) is 15.8 Å². The van der Waals surface area contributed by atoms with Crippen LogP contribution in [0.2, 0.25) is 0 Å². The molecular weight excluding hydrogens is 308 g/mol. The zero-order chi connectivity index (χ0) is 18.0. The Hall–Kier alpha value is -1.12. The van der Waals surface area contributed by atoms with Gasteiger partial charge in [0.2, 0.25) is 0 Å². The lowest BCUT2D eigenvalue weighted by Gasteiger charge is -2.05. The van der Waals surface area contributed by atoms with E-state index >= 15 is 0 Å². The molecule has 0 saturated heterocycles. The molecule has 0 N–H and O–H groups in total. The number of aryl methyl sites for hydroxylation is 1. The Balaban J connectivity index is 1.75. The summed E-state index contributed by atoms with van der Waals surface area (Å²) in [7, 11) is 0. The minimum absolute atomic E-state index is 0.556. The Labute approximate surface area is 155 Å². The second-order valence-corrected chi connectivity index (χ2v) is 7.40. The molecule has 144 valence electrons. The van der Waals surface area contributed by atoms with Crippen molar-refractivity contribution < 1.29 is 4.79 Å². The van der Waals surface area contributed by atoms with Gasteiger partial charge in [-0.2, -0.15) is 0 Å². The van der Waals surface area contributed by atoms with Gasteiger partial charge in [0, 0.05) is 18.9 Å². The standard InChI is InChI=1S/C22H40N2O/c1-2-3-4-5-6-7-8-9-10-11-12-13-14-15-16-17-19-24-20-18-23-22(24)21-25/h18,20-21H,2-17,19H2,1H3. The molecule has 0 aliphatic rings. The van der Waals surface area contributed by atoms with Crippen LogP contribution in [0.4, 0.5) is 0 Å². The highest BCUT2D eigenvalue weighted by molar-refractivity contribution is 5.69. The molecule has 0 bridgehead atoms. The molecule has 0 aliphatic heterocycles. The summed E-state index contributed by atoms with van der Waals surface area (Å²) in [5.74, 6) is 0.556. The highest BCUT2D eigenvalue weighted by atomic mass is 16.1. The number of aldehydes is 1. The third-order valence-electron chi connectivity index (χ3n) is 5.11. The molecule has 25 heavy (non-hydrogen) atoms. The summed E-state index contributed by atoms with van der Waals surface area (Å²) in [6, 6.07) is 0. The predicted octanol–water partition coefficient (Wildman–Crippen LogP) is 6.96. The molecule has 0 amide bonds. The predicted molar refractivity (Wildman–Crippen MR) is 107 cm³/mol. The van der Waals surface area contributed by atoms with Gasteiger partial charge in [0.25, 0.3) is 0 Å². The van der Waals surface area contributed by atoms with Gasteiger partial charge in [-0.25, -0.2) is 4.98 Å². The summed E-state index contributed by atoms with van der Waals surface area (Å²) < 4.78 is 1.96. The van der Waals surface area contributed by atoms with E-state index in [1.54, 1.807) is 6.20 Å². The van der Waals surface area contributed by atoms with Gasteiger partial charge in [-0.05, 0) is 6.42 Å². The highest BCUT2D eigenvalue weighted by Gasteiger charge is 2.00. The number of unbranched alkanes of at least 4 members (excludes halogenated alkanes) is 15. The molecule has 0 fully saturated rings. The highest BCUT2D eigenvalue weighted by Crippen LogP contribution is 2.14. The maximum Gasteiger partial charge on any atom is 0.185 e. The van der Waals surface area contributed by atoms with Crippen molar-refractivity contribution >= 4 is 6.29 Å². The number of carbonyl (C=O) groups is 1. The Kier molecular flexibility index (Phi) is 14.3. The number of rotatable bonds is 18. The van der Waals surface area contributed by atoms with E-state index in [1.165, 1.54) is 96.3 Å². The molecule has 0 aromatic carbocycles. The van der Waals surface area contributed by atoms with Crippen LogP contribution in [-0.2, 0) is 6.54 Å². The average molecular weight is 349 g/mol. The third kappa shape index (κ3) is 12.0. The van der Waals surface area contributed by atoms with Crippen molar-refractivity contribution in [1.82, 2.24) is 9.55 Å². The summed E-state index contributed by atoms with van der Waals surface area (Å²) in [6.07, 6.45) is 26.6. The van der Waals surface area contributed by atoms with Gasteiger partial charge in [0.15, 0.2) is 12.1 Å². The molecule has 0 aliphatic carbocycles. The molecule has 1 heterocycles. The Morgan fingerprint density at radius 1 is 0.760 bits per heavy atom. The van der Waals surface area contributed by atoms with Crippen molar-refractivity contribution in [3.63, 3.8) is 0 Å². The topological polar surface area (TPSA) is 34.9 Å². The summed E-state index contributed by atoms with van der Waals surface area (Å²) in [5.41, 5.74) is 0. The zero-order valence-corrected chi connectivity index (χ0v) is 16.6. The lowest BCUT2D eigenvalue weighted by Crippen LogP contribution is -2.01. The molecule has 0 saturated carbocycles. The van der Waals surface area contributed by atoms with Crippen molar-refractivity contribution in [3.8, 4) is 0 Å². The number of hydrogen-bond acceptors (Lipinski definition) is 2. The minimum Gasteiger partial charge on any atom is -0.329 e. The number of carbonyl (C=O) groups excluding carboxylic acids is 1. The van der Waals surface area contributed by atoms with Gasteiger partial charge in [0.05, 0.1) is 0 Å². The second kappa shape index (κ2) is 16.4. The maximum absolute atomic E-state index is 10.8. The molecule has 0 unspecified atom stereocenters. The molecule has 0 spiro atoms. The van der Waals surface area contributed by atoms with Crippen molar-refractivity contribution in [3.05, 3.63) is 18.2 Å². The summed E-state index contributed by atoms with van der Waals surface area (Å²) >= 11 is 0. The molecule has 0 radical (unpaired) electrons. The fraction of sp³-hybridized carbons (Fsp3) is 0.818. The molecule has 0 atom stereocenters. The third-order valence-corrected chi connectivity index (χ3v) is 5.11. The molecule has 1 aromatic rings. The molecule has 3 nitrogen and oxygen atoms in total. The van der Waals surface area contributed by atoms with Crippen LogP contribution in [0.15, 0.2) is 12.4 Å². The normalized spacial score (nSPS) is 11.1. The minimum atomic E-state index is 0.556. The largest absolute Gasteiger partial charge is 0.329 e. The fourth-order valence-electron chi connectivity index (χ4n) is 3.46. The molecular formula is C22H40N2O. The van der Waals surface area contributed by atoms with Gasteiger partial charge in [-0.15, -0.1) is 0 Å². The first-order valence-corrected chi connectivity index (χ1v) is 10.8. The quantitative estimate of drug-likeness (QED) is 0.212. The van der Waals surface area contributed by atoms with E-state index in [0.29, 0.717) is 5.82 Å². The number of nitrogens with zero attached hydrogens (tertiary/aromatic N) is 2. The zero-order valence-electron chi connectivity index (χ0n) is 16.6. The van der Waals surface area contributed by atoms with Gasteiger partial charge in [-0.3, -0.25) is 4.79 Å². The Morgan fingerprint density at radius 3 is 1.64 bits per heavy atom. The van der Waals surface area contributed by atoms with E-state index < -0.39 is 0 Å². The number of imidazole rings is 1. The number of hydrogen-bond donors (Lipinski definition) is 0. The van der Waals surface area contributed by atoms with Crippen molar-refractivity contribution in [1.29, 1.82) is 0 Å². The van der Waals surface area contributed by atoms with Crippen molar-refractivity contribution in [2.24, 2.45) is 0 Å². The average Bonchev–Trinajstić information content (AvgIpc) is 3.09. The van der Waals surface area contributed by atoms with Crippen LogP contribution in [0, 0.1) is 0 Å². The first-order chi connectivity index (χ1) is 12.4. The molecule has 1 aromatic heterocycles. The second-order valence-electron chi connectivity index (χ2n) is 7.40. The van der Waals surface area contributed by atoms with Gasteiger partial charge < -0.3 is 4.57 Å². The van der Waals surface area contributed by atoms with E-state index in [1.807, 2.05) is 10.8 Å². The van der Waals surface area contributed by atoms with Crippen LogP contribution < -0.4 is 0 Å². The Morgan fingerprint density at radius 2 is 1.20 bits per heavy atom.